The number of aromatic nitrogens is 3. The van der Waals surface area contributed by atoms with Crippen LogP contribution in [0.5, 0.6) is 6.01 Å². The summed E-state index contributed by atoms with van der Waals surface area (Å²) in [6.45, 7) is 2.85. The molecule has 3 rings (SSSR count). The van der Waals surface area contributed by atoms with E-state index in [2.05, 4.69) is 15.0 Å². The number of piperidine rings is 1. The van der Waals surface area contributed by atoms with E-state index in [0.717, 1.165) is 25.9 Å². The number of halogens is 1. The quantitative estimate of drug-likeness (QED) is 0.799. The lowest BCUT2D eigenvalue weighted by Crippen LogP contribution is -2.45. The molecular weight excluding hydrogens is 272 g/mol. The van der Waals surface area contributed by atoms with Gasteiger partial charge in [0.2, 0.25) is 11.2 Å². The topological polar surface area (TPSA) is 69.6 Å². The molecule has 1 aromatic rings. The second kappa shape index (κ2) is 5.07. The zero-order valence-corrected chi connectivity index (χ0v) is 11.4. The largest absolute Gasteiger partial charge is 0.467 e. The average molecular weight is 287 g/mol. The SMILES string of the molecule is COc1nc(Cl)nc(N2CCC3(CC2)OCCO3)n1. The van der Waals surface area contributed by atoms with E-state index in [1.165, 1.54) is 7.11 Å². The highest BCUT2D eigenvalue weighted by Crippen LogP contribution is 2.32. The molecule has 1 spiro atoms. The molecule has 2 aliphatic heterocycles. The fourth-order valence-corrected chi connectivity index (χ4v) is 2.54. The Morgan fingerprint density at radius 2 is 1.84 bits per heavy atom. The Labute approximate surface area is 115 Å². The molecule has 2 aliphatic rings. The predicted molar refractivity (Wildman–Crippen MR) is 67.5 cm³/mol. The smallest absolute Gasteiger partial charge is 0.322 e. The molecule has 3 heterocycles. The summed E-state index contributed by atoms with van der Waals surface area (Å²) >= 11 is 5.85. The van der Waals surface area contributed by atoms with Crippen molar-refractivity contribution in [2.24, 2.45) is 0 Å². The number of hydrogen-bond donors (Lipinski definition) is 0. The summed E-state index contributed by atoms with van der Waals surface area (Å²) < 4.78 is 16.4. The molecule has 0 radical (unpaired) electrons. The van der Waals surface area contributed by atoms with Crippen LogP contribution in [0.3, 0.4) is 0 Å². The molecule has 0 atom stereocenters. The monoisotopic (exact) mass is 286 g/mol. The van der Waals surface area contributed by atoms with Crippen molar-refractivity contribution in [3.8, 4) is 6.01 Å². The Bertz CT molecular complexity index is 457. The van der Waals surface area contributed by atoms with Gasteiger partial charge in [-0.1, -0.05) is 0 Å². The van der Waals surface area contributed by atoms with E-state index in [9.17, 15) is 0 Å². The van der Waals surface area contributed by atoms with E-state index in [0.29, 0.717) is 19.2 Å². The second-order valence-electron chi connectivity index (χ2n) is 4.49. The van der Waals surface area contributed by atoms with Crippen LogP contribution in [0.1, 0.15) is 12.8 Å². The van der Waals surface area contributed by atoms with E-state index in [4.69, 9.17) is 25.8 Å². The van der Waals surface area contributed by atoms with E-state index in [1.807, 2.05) is 4.90 Å². The standard InChI is InChI=1S/C11H15ClN4O3/c1-17-10-14-8(12)13-9(15-10)16-4-2-11(3-5-16)18-6-7-19-11/h2-7H2,1H3. The van der Waals surface area contributed by atoms with Crippen LogP contribution in [0.4, 0.5) is 5.95 Å². The molecular formula is C11H15ClN4O3. The molecule has 2 saturated heterocycles. The number of methoxy groups -OCH3 is 1. The maximum Gasteiger partial charge on any atom is 0.322 e. The zero-order chi connectivity index (χ0) is 13.3. The highest BCUT2D eigenvalue weighted by atomic mass is 35.5. The molecule has 0 amide bonds. The van der Waals surface area contributed by atoms with E-state index in [1.54, 1.807) is 0 Å². The number of hydrogen-bond acceptors (Lipinski definition) is 7. The molecule has 7 nitrogen and oxygen atoms in total. The Morgan fingerprint density at radius 3 is 2.47 bits per heavy atom. The summed E-state index contributed by atoms with van der Waals surface area (Å²) in [5.41, 5.74) is 0. The maximum atomic E-state index is 5.85. The first-order valence-electron chi connectivity index (χ1n) is 6.19. The molecule has 0 bridgehead atoms. The van der Waals surface area contributed by atoms with E-state index >= 15 is 0 Å². The first-order valence-corrected chi connectivity index (χ1v) is 6.57. The third-order valence-electron chi connectivity index (χ3n) is 3.38. The molecule has 1 aromatic heterocycles. The molecule has 0 aromatic carbocycles. The summed E-state index contributed by atoms with van der Waals surface area (Å²) in [4.78, 5) is 14.2. The van der Waals surface area contributed by atoms with Crippen molar-refractivity contribution in [3.63, 3.8) is 0 Å². The first kappa shape index (κ1) is 12.8. The van der Waals surface area contributed by atoms with Crippen LogP contribution >= 0.6 is 11.6 Å². The summed E-state index contributed by atoms with van der Waals surface area (Å²) in [6.07, 6.45) is 1.58. The lowest BCUT2D eigenvalue weighted by Gasteiger charge is -2.37. The van der Waals surface area contributed by atoms with Crippen molar-refractivity contribution in [2.45, 2.75) is 18.6 Å². The van der Waals surface area contributed by atoms with Gasteiger partial charge in [0, 0.05) is 25.9 Å². The van der Waals surface area contributed by atoms with Crippen molar-refractivity contribution in [2.75, 3.05) is 38.3 Å². The fraction of sp³-hybridized carbons (Fsp3) is 0.727. The van der Waals surface area contributed by atoms with Crippen molar-refractivity contribution < 1.29 is 14.2 Å². The summed E-state index contributed by atoms with van der Waals surface area (Å²) in [5.74, 6) is 0.127. The average Bonchev–Trinajstić information content (AvgIpc) is 2.87. The van der Waals surface area contributed by atoms with Crippen LogP contribution in [0.2, 0.25) is 5.28 Å². The highest BCUT2D eigenvalue weighted by molar-refractivity contribution is 6.28. The minimum atomic E-state index is -0.405. The van der Waals surface area contributed by atoms with Crippen LogP contribution in [0.25, 0.3) is 0 Å². The van der Waals surface area contributed by atoms with Gasteiger partial charge in [0.1, 0.15) is 0 Å². The zero-order valence-electron chi connectivity index (χ0n) is 10.6. The van der Waals surface area contributed by atoms with Crippen molar-refractivity contribution in [1.82, 2.24) is 15.0 Å². The van der Waals surface area contributed by atoms with Crippen LogP contribution in [0, 0.1) is 0 Å². The second-order valence-corrected chi connectivity index (χ2v) is 4.82. The van der Waals surface area contributed by atoms with Gasteiger partial charge in [-0.05, 0) is 11.6 Å². The first-order chi connectivity index (χ1) is 9.21. The van der Waals surface area contributed by atoms with Gasteiger partial charge in [0.05, 0.1) is 20.3 Å². The molecule has 19 heavy (non-hydrogen) atoms. The Kier molecular flexibility index (Phi) is 3.42. The molecule has 2 fully saturated rings. The van der Waals surface area contributed by atoms with Gasteiger partial charge in [-0.15, -0.1) is 0 Å². The van der Waals surface area contributed by atoms with Crippen molar-refractivity contribution in [3.05, 3.63) is 5.28 Å². The number of nitrogens with zero attached hydrogens (tertiary/aromatic N) is 4. The lowest BCUT2D eigenvalue weighted by atomic mass is 10.0. The van der Waals surface area contributed by atoms with Crippen LogP contribution < -0.4 is 9.64 Å². The maximum absolute atomic E-state index is 5.85. The molecule has 0 saturated carbocycles. The van der Waals surface area contributed by atoms with Crippen LogP contribution in [-0.4, -0.2) is 54.2 Å². The minimum absolute atomic E-state index is 0.135. The Hall–Kier alpha value is -1.18. The van der Waals surface area contributed by atoms with Gasteiger partial charge < -0.3 is 19.1 Å². The van der Waals surface area contributed by atoms with Crippen LogP contribution in [-0.2, 0) is 9.47 Å². The van der Waals surface area contributed by atoms with Crippen molar-refractivity contribution in [1.29, 1.82) is 0 Å². The molecule has 0 unspecified atom stereocenters. The fourth-order valence-electron chi connectivity index (χ4n) is 2.39. The normalized spacial score (nSPS) is 21.9. The minimum Gasteiger partial charge on any atom is -0.467 e. The Morgan fingerprint density at radius 1 is 1.16 bits per heavy atom. The molecule has 104 valence electrons. The highest BCUT2D eigenvalue weighted by Gasteiger charge is 2.40. The summed E-state index contributed by atoms with van der Waals surface area (Å²) in [6, 6.07) is 0.226. The number of anilines is 1. The van der Waals surface area contributed by atoms with Gasteiger partial charge in [-0.25, -0.2) is 0 Å². The van der Waals surface area contributed by atoms with Gasteiger partial charge >= 0.3 is 6.01 Å². The van der Waals surface area contributed by atoms with Gasteiger partial charge in [-0.3, -0.25) is 0 Å². The number of rotatable bonds is 2. The lowest BCUT2D eigenvalue weighted by molar-refractivity contribution is -0.169. The van der Waals surface area contributed by atoms with Gasteiger partial charge in [0.15, 0.2) is 5.79 Å². The Balaban J connectivity index is 1.72. The number of ether oxygens (including phenoxy) is 3. The molecule has 8 heteroatoms. The van der Waals surface area contributed by atoms with Crippen molar-refractivity contribution >= 4 is 17.5 Å². The van der Waals surface area contributed by atoms with E-state index < -0.39 is 5.79 Å². The molecule has 0 aliphatic carbocycles. The third-order valence-corrected chi connectivity index (χ3v) is 3.55. The summed E-state index contributed by atoms with van der Waals surface area (Å²) in [7, 11) is 1.50. The van der Waals surface area contributed by atoms with Gasteiger partial charge in [0.25, 0.3) is 0 Å². The van der Waals surface area contributed by atoms with Gasteiger partial charge in [-0.2, -0.15) is 15.0 Å². The third kappa shape index (κ3) is 2.58. The predicted octanol–water partition coefficient (Wildman–Crippen LogP) is 0.877. The molecule has 0 N–H and O–H groups in total. The van der Waals surface area contributed by atoms with E-state index in [-0.39, 0.29) is 11.3 Å². The van der Waals surface area contributed by atoms with Crippen LogP contribution in [0.15, 0.2) is 0 Å². The summed E-state index contributed by atoms with van der Waals surface area (Å²) in [5, 5.41) is 0.135.